The molecule has 0 saturated heterocycles. The van der Waals surface area contributed by atoms with Gasteiger partial charge in [0.25, 0.3) is 0 Å². The van der Waals surface area contributed by atoms with E-state index in [-0.39, 0.29) is 25.3 Å². The normalized spacial score (nSPS) is 11.0. The molecule has 21 heavy (non-hydrogen) atoms. The van der Waals surface area contributed by atoms with Crippen LogP contribution in [-0.4, -0.2) is 50.1 Å². The van der Waals surface area contributed by atoms with E-state index in [9.17, 15) is 18.0 Å². The molecule has 0 aliphatic rings. The minimum atomic E-state index is -3.37. The Kier molecular flexibility index (Phi) is 5.71. The third-order valence-electron chi connectivity index (χ3n) is 2.67. The highest BCUT2D eigenvalue weighted by Crippen LogP contribution is 2.13. The zero-order valence-electron chi connectivity index (χ0n) is 11.9. The van der Waals surface area contributed by atoms with Crippen LogP contribution in [0, 0.1) is 0 Å². The van der Waals surface area contributed by atoms with Crippen LogP contribution < -0.4 is 4.72 Å². The van der Waals surface area contributed by atoms with Gasteiger partial charge in [-0.1, -0.05) is 12.1 Å². The lowest BCUT2D eigenvalue weighted by molar-refractivity contribution is -0.138. The largest absolute Gasteiger partial charge is 0.481 e. The Morgan fingerprint density at radius 3 is 2.57 bits per heavy atom. The number of sulfonamides is 1. The third-order valence-corrected chi connectivity index (χ3v) is 3.28. The highest BCUT2D eigenvalue weighted by Gasteiger charge is 2.11. The van der Waals surface area contributed by atoms with Gasteiger partial charge in [-0.15, -0.1) is 0 Å². The SMILES string of the molecule is CN(CCC(=O)O)C(=O)Cc1cccc(NS(C)(=O)=O)c1. The molecule has 1 amide bonds. The number of carbonyl (C=O) groups is 2. The van der Waals surface area contributed by atoms with E-state index in [0.717, 1.165) is 6.26 Å². The van der Waals surface area contributed by atoms with Crippen molar-refractivity contribution in [2.24, 2.45) is 0 Å². The fourth-order valence-corrected chi connectivity index (χ4v) is 2.21. The average molecular weight is 314 g/mol. The molecule has 0 aromatic heterocycles. The maximum absolute atomic E-state index is 11.9. The van der Waals surface area contributed by atoms with Gasteiger partial charge in [0, 0.05) is 19.3 Å². The molecule has 8 heteroatoms. The number of benzene rings is 1. The van der Waals surface area contributed by atoms with Gasteiger partial charge in [0.1, 0.15) is 0 Å². The van der Waals surface area contributed by atoms with E-state index in [0.29, 0.717) is 11.3 Å². The number of hydrogen-bond donors (Lipinski definition) is 2. The summed E-state index contributed by atoms with van der Waals surface area (Å²) in [4.78, 5) is 23.7. The molecule has 0 saturated carbocycles. The van der Waals surface area contributed by atoms with Crippen LogP contribution >= 0.6 is 0 Å². The number of amides is 1. The summed E-state index contributed by atoms with van der Waals surface area (Å²) < 4.78 is 24.6. The molecule has 1 rings (SSSR count). The number of carboxylic acids is 1. The number of nitrogens with zero attached hydrogens (tertiary/aromatic N) is 1. The number of hydrogen-bond acceptors (Lipinski definition) is 4. The third kappa shape index (κ3) is 6.75. The fraction of sp³-hybridized carbons (Fsp3) is 0.385. The molecule has 0 bridgehead atoms. The first kappa shape index (κ1) is 17.0. The summed E-state index contributed by atoms with van der Waals surface area (Å²) in [6.07, 6.45) is 1.01. The van der Waals surface area contributed by atoms with E-state index in [1.165, 1.54) is 11.9 Å². The molecule has 116 valence electrons. The lowest BCUT2D eigenvalue weighted by atomic mass is 10.1. The Morgan fingerprint density at radius 1 is 1.33 bits per heavy atom. The number of carbonyl (C=O) groups excluding carboxylic acids is 1. The van der Waals surface area contributed by atoms with Gasteiger partial charge in [-0.25, -0.2) is 8.42 Å². The van der Waals surface area contributed by atoms with Crippen LogP contribution in [0.4, 0.5) is 5.69 Å². The first-order valence-corrected chi connectivity index (χ1v) is 8.09. The van der Waals surface area contributed by atoms with Crippen molar-refractivity contribution in [3.05, 3.63) is 29.8 Å². The summed E-state index contributed by atoms with van der Waals surface area (Å²) >= 11 is 0. The van der Waals surface area contributed by atoms with Gasteiger partial charge in [0.2, 0.25) is 15.9 Å². The number of nitrogens with one attached hydrogen (secondary N) is 1. The van der Waals surface area contributed by atoms with Crippen LogP contribution in [-0.2, 0) is 26.0 Å². The Labute approximate surface area is 123 Å². The van der Waals surface area contributed by atoms with Crippen LogP contribution in [0.1, 0.15) is 12.0 Å². The standard InChI is InChI=1S/C13H18N2O5S/c1-15(7-6-13(17)18)12(16)9-10-4-3-5-11(8-10)14-21(2,19)20/h3-5,8,14H,6-7,9H2,1-2H3,(H,17,18). The molecule has 0 radical (unpaired) electrons. The molecular weight excluding hydrogens is 296 g/mol. The molecule has 0 heterocycles. The van der Waals surface area contributed by atoms with Gasteiger partial charge in [-0.05, 0) is 17.7 Å². The number of carboxylic acid groups (broad SMARTS) is 1. The highest BCUT2D eigenvalue weighted by molar-refractivity contribution is 7.92. The number of rotatable bonds is 7. The van der Waals surface area contributed by atoms with Crippen LogP contribution in [0.15, 0.2) is 24.3 Å². The van der Waals surface area contributed by atoms with Gasteiger partial charge in [0.05, 0.1) is 19.1 Å². The second kappa shape index (κ2) is 7.07. The number of aliphatic carboxylic acids is 1. The van der Waals surface area contributed by atoms with E-state index in [1.807, 2.05) is 0 Å². The lowest BCUT2D eigenvalue weighted by Crippen LogP contribution is -2.30. The van der Waals surface area contributed by atoms with Crippen molar-refractivity contribution in [2.45, 2.75) is 12.8 Å². The molecule has 0 unspecified atom stereocenters. The molecule has 0 fully saturated rings. The Balaban J connectivity index is 2.68. The van der Waals surface area contributed by atoms with Crippen molar-refractivity contribution in [1.82, 2.24) is 4.90 Å². The van der Waals surface area contributed by atoms with Gasteiger partial charge < -0.3 is 10.0 Å². The molecule has 1 aromatic carbocycles. The van der Waals surface area contributed by atoms with Gasteiger partial charge >= 0.3 is 5.97 Å². The van der Waals surface area contributed by atoms with Crippen LogP contribution in [0.2, 0.25) is 0 Å². The molecule has 1 aromatic rings. The predicted octanol–water partition coefficient (Wildman–Crippen LogP) is 0.534. The Bertz CT molecular complexity index is 627. The van der Waals surface area contributed by atoms with Crippen molar-refractivity contribution in [2.75, 3.05) is 24.6 Å². The maximum atomic E-state index is 11.9. The first-order chi connectivity index (χ1) is 9.67. The van der Waals surface area contributed by atoms with Crippen molar-refractivity contribution in [3.63, 3.8) is 0 Å². The van der Waals surface area contributed by atoms with Crippen molar-refractivity contribution < 1.29 is 23.1 Å². The van der Waals surface area contributed by atoms with E-state index in [4.69, 9.17) is 5.11 Å². The topological polar surface area (TPSA) is 104 Å². The van der Waals surface area contributed by atoms with Crippen molar-refractivity contribution in [3.8, 4) is 0 Å². The minimum Gasteiger partial charge on any atom is -0.481 e. The summed E-state index contributed by atoms with van der Waals surface area (Å²) in [5.41, 5.74) is 1.03. The summed E-state index contributed by atoms with van der Waals surface area (Å²) in [6, 6.07) is 6.51. The fourth-order valence-electron chi connectivity index (χ4n) is 1.66. The number of anilines is 1. The highest BCUT2D eigenvalue weighted by atomic mass is 32.2. The zero-order chi connectivity index (χ0) is 16.0. The monoisotopic (exact) mass is 314 g/mol. The molecule has 0 aliphatic carbocycles. The second-order valence-corrected chi connectivity index (χ2v) is 6.46. The van der Waals surface area contributed by atoms with Crippen LogP contribution in [0.25, 0.3) is 0 Å². The quantitative estimate of drug-likeness (QED) is 0.764. The summed E-state index contributed by atoms with van der Waals surface area (Å²) in [6.45, 7) is 0.134. The summed E-state index contributed by atoms with van der Waals surface area (Å²) in [7, 11) is -1.84. The van der Waals surface area contributed by atoms with Gasteiger partial charge in [0.15, 0.2) is 0 Å². The maximum Gasteiger partial charge on any atom is 0.305 e. The Hall–Kier alpha value is -2.09. The van der Waals surface area contributed by atoms with E-state index < -0.39 is 16.0 Å². The van der Waals surface area contributed by atoms with Crippen LogP contribution in [0.3, 0.4) is 0 Å². The molecule has 7 nitrogen and oxygen atoms in total. The second-order valence-electron chi connectivity index (χ2n) is 4.71. The van der Waals surface area contributed by atoms with Crippen molar-refractivity contribution >= 4 is 27.6 Å². The van der Waals surface area contributed by atoms with Crippen LogP contribution in [0.5, 0.6) is 0 Å². The van der Waals surface area contributed by atoms with E-state index in [2.05, 4.69) is 4.72 Å². The number of likely N-dealkylation sites (N-methyl/N-ethyl adjacent to an activating group) is 1. The first-order valence-electron chi connectivity index (χ1n) is 6.20. The molecule has 0 aliphatic heterocycles. The van der Waals surface area contributed by atoms with Gasteiger partial charge in [-0.2, -0.15) is 0 Å². The molecule has 2 N–H and O–H groups in total. The van der Waals surface area contributed by atoms with Crippen molar-refractivity contribution in [1.29, 1.82) is 0 Å². The van der Waals surface area contributed by atoms with E-state index in [1.54, 1.807) is 24.3 Å². The minimum absolute atomic E-state index is 0.0788. The Morgan fingerprint density at radius 2 is 2.00 bits per heavy atom. The molecule has 0 spiro atoms. The summed E-state index contributed by atoms with van der Waals surface area (Å²) in [5, 5.41) is 8.58. The van der Waals surface area contributed by atoms with Gasteiger partial charge in [-0.3, -0.25) is 14.3 Å². The summed E-state index contributed by atoms with van der Waals surface area (Å²) in [5.74, 6) is -1.19. The zero-order valence-corrected chi connectivity index (χ0v) is 12.7. The average Bonchev–Trinajstić information content (AvgIpc) is 2.34. The molecular formula is C13H18N2O5S. The lowest BCUT2D eigenvalue weighted by Gasteiger charge is -2.16. The predicted molar refractivity (Wildman–Crippen MR) is 78.5 cm³/mol. The smallest absolute Gasteiger partial charge is 0.305 e. The molecule has 0 atom stereocenters. The van der Waals surface area contributed by atoms with E-state index >= 15 is 0 Å².